The topological polar surface area (TPSA) is 36.0 Å². The van der Waals surface area contributed by atoms with Crippen molar-refractivity contribution in [2.75, 3.05) is 44.7 Å². The summed E-state index contributed by atoms with van der Waals surface area (Å²) in [7, 11) is 1.65. The van der Waals surface area contributed by atoms with Gasteiger partial charge in [-0.15, -0.1) is 11.3 Å². The lowest BCUT2D eigenvalue weighted by Gasteiger charge is -2.34. The minimum absolute atomic E-state index is 0.139. The van der Waals surface area contributed by atoms with E-state index in [-0.39, 0.29) is 5.91 Å². The van der Waals surface area contributed by atoms with Gasteiger partial charge in [-0.05, 0) is 55.1 Å². The first-order valence-electron chi connectivity index (χ1n) is 9.67. The standard InChI is InChI=1S/C21H27N3O2S/c1-26-20-7-3-2-6-19(20)24-11-10-23(15-21(24)25)14-18-12-17(16-27-18)13-22-8-4-5-9-22/h2-3,6-7,12,16H,4-5,8-11,13-15H2,1H3. The van der Waals surface area contributed by atoms with Crippen LogP contribution in [0.4, 0.5) is 5.69 Å². The highest BCUT2D eigenvalue weighted by Gasteiger charge is 2.27. The Hall–Kier alpha value is -1.89. The smallest absolute Gasteiger partial charge is 0.241 e. The predicted octanol–water partition coefficient (Wildman–Crippen LogP) is 3.20. The second-order valence-electron chi connectivity index (χ2n) is 7.33. The van der Waals surface area contributed by atoms with E-state index >= 15 is 0 Å². The van der Waals surface area contributed by atoms with Crippen molar-refractivity contribution in [3.63, 3.8) is 0 Å². The first kappa shape index (κ1) is 18.5. The van der Waals surface area contributed by atoms with Crippen LogP contribution in [0.2, 0.25) is 0 Å². The maximum atomic E-state index is 12.7. The molecule has 144 valence electrons. The summed E-state index contributed by atoms with van der Waals surface area (Å²) < 4.78 is 5.42. The first-order valence-corrected chi connectivity index (χ1v) is 10.6. The normalized spacial score (nSPS) is 19.0. The Balaban J connectivity index is 1.34. The SMILES string of the molecule is COc1ccccc1N1CCN(Cc2cc(CN3CCCC3)cs2)CC1=O. The molecule has 0 N–H and O–H groups in total. The molecule has 1 amide bonds. The monoisotopic (exact) mass is 385 g/mol. The Kier molecular flexibility index (Phi) is 5.76. The number of nitrogens with zero attached hydrogens (tertiary/aromatic N) is 3. The molecule has 1 aromatic carbocycles. The van der Waals surface area contributed by atoms with E-state index in [1.807, 2.05) is 40.5 Å². The van der Waals surface area contributed by atoms with Crippen LogP contribution in [0.25, 0.3) is 0 Å². The Morgan fingerprint density at radius 2 is 1.85 bits per heavy atom. The van der Waals surface area contributed by atoms with E-state index in [0.717, 1.165) is 31.1 Å². The van der Waals surface area contributed by atoms with Crippen molar-refractivity contribution in [3.8, 4) is 5.75 Å². The number of rotatable bonds is 6. The lowest BCUT2D eigenvalue weighted by molar-refractivity contribution is -0.121. The number of amides is 1. The van der Waals surface area contributed by atoms with Gasteiger partial charge >= 0.3 is 0 Å². The summed E-state index contributed by atoms with van der Waals surface area (Å²) in [4.78, 5) is 20.7. The Morgan fingerprint density at radius 3 is 2.63 bits per heavy atom. The van der Waals surface area contributed by atoms with E-state index in [2.05, 4.69) is 21.2 Å². The Bertz CT molecular complexity index is 785. The zero-order valence-corrected chi connectivity index (χ0v) is 16.7. The van der Waals surface area contributed by atoms with Crippen LogP contribution in [-0.4, -0.2) is 55.5 Å². The molecule has 27 heavy (non-hydrogen) atoms. The number of hydrogen-bond donors (Lipinski definition) is 0. The number of hydrogen-bond acceptors (Lipinski definition) is 5. The van der Waals surface area contributed by atoms with Gasteiger partial charge in [-0.3, -0.25) is 14.6 Å². The van der Waals surface area contributed by atoms with Crippen LogP contribution in [-0.2, 0) is 17.9 Å². The number of benzene rings is 1. The molecule has 0 unspecified atom stereocenters. The number of carbonyl (C=O) groups is 1. The van der Waals surface area contributed by atoms with Gasteiger partial charge in [0.25, 0.3) is 0 Å². The van der Waals surface area contributed by atoms with Crippen molar-refractivity contribution in [1.82, 2.24) is 9.80 Å². The molecule has 1 aromatic heterocycles. The van der Waals surface area contributed by atoms with E-state index in [9.17, 15) is 4.79 Å². The molecule has 2 aromatic rings. The molecule has 0 bridgehead atoms. The molecule has 2 aliphatic heterocycles. The average Bonchev–Trinajstić information content (AvgIpc) is 3.34. The van der Waals surface area contributed by atoms with Gasteiger partial charge in [0, 0.05) is 31.1 Å². The fraction of sp³-hybridized carbons (Fsp3) is 0.476. The summed E-state index contributed by atoms with van der Waals surface area (Å²) >= 11 is 1.82. The quantitative estimate of drug-likeness (QED) is 0.765. The molecule has 0 radical (unpaired) electrons. The summed E-state index contributed by atoms with van der Waals surface area (Å²) in [6.45, 7) is 6.41. The van der Waals surface area contributed by atoms with E-state index in [1.165, 1.54) is 36.4 Å². The summed E-state index contributed by atoms with van der Waals surface area (Å²) in [5, 5.41) is 2.28. The van der Waals surface area contributed by atoms with Crippen LogP contribution in [0.5, 0.6) is 5.75 Å². The molecule has 0 saturated carbocycles. The molecule has 2 fully saturated rings. The largest absolute Gasteiger partial charge is 0.495 e. The minimum atomic E-state index is 0.139. The summed E-state index contributed by atoms with van der Waals surface area (Å²) in [5.41, 5.74) is 2.28. The molecule has 4 rings (SSSR count). The number of piperazine rings is 1. The van der Waals surface area contributed by atoms with Crippen LogP contribution < -0.4 is 9.64 Å². The second kappa shape index (κ2) is 8.42. The van der Waals surface area contributed by atoms with Crippen LogP contribution in [0.3, 0.4) is 0 Å². The number of ether oxygens (including phenoxy) is 1. The zero-order chi connectivity index (χ0) is 18.6. The zero-order valence-electron chi connectivity index (χ0n) is 15.9. The van der Waals surface area contributed by atoms with Crippen molar-refractivity contribution in [1.29, 1.82) is 0 Å². The third-order valence-corrected chi connectivity index (χ3v) is 6.34. The lowest BCUT2D eigenvalue weighted by atomic mass is 10.2. The van der Waals surface area contributed by atoms with Gasteiger partial charge in [0.1, 0.15) is 5.75 Å². The highest BCUT2D eigenvalue weighted by atomic mass is 32.1. The average molecular weight is 386 g/mol. The molecule has 3 heterocycles. The van der Waals surface area contributed by atoms with Crippen molar-refractivity contribution >= 4 is 22.9 Å². The third kappa shape index (κ3) is 4.34. The van der Waals surface area contributed by atoms with Gasteiger partial charge in [0.2, 0.25) is 5.91 Å². The molecule has 0 spiro atoms. The first-order chi connectivity index (χ1) is 13.2. The molecule has 0 atom stereocenters. The van der Waals surface area contributed by atoms with E-state index in [0.29, 0.717) is 13.1 Å². The molecule has 0 aliphatic carbocycles. The molecule has 6 heteroatoms. The highest BCUT2D eigenvalue weighted by Crippen LogP contribution is 2.29. The predicted molar refractivity (Wildman–Crippen MR) is 109 cm³/mol. The molecular formula is C21H27N3O2S. The molecule has 2 aliphatic rings. The van der Waals surface area contributed by atoms with Crippen molar-refractivity contribution in [3.05, 3.63) is 46.2 Å². The Labute approximate surface area is 165 Å². The van der Waals surface area contributed by atoms with Gasteiger partial charge < -0.3 is 9.64 Å². The maximum absolute atomic E-state index is 12.7. The number of anilines is 1. The summed E-state index contributed by atoms with van der Waals surface area (Å²) in [6, 6.07) is 10.1. The number of likely N-dealkylation sites (tertiary alicyclic amines) is 1. The van der Waals surface area contributed by atoms with Gasteiger partial charge in [-0.2, -0.15) is 0 Å². The van der Waals surface area contributed by atoms with Gasteiger partial charge in [0.05, 0.1) is 19.3 Å². The number of thiophene rings is 1. The molecular weight excluding hydrogens is 358 g/mol. The van der Waals surface area contributed by atoms with Crippen LogP contribution in [0.15, 0.2) is 35.7 Å². The summed E-state index contributed by atoms with van der Waals surface area (Å²) in [5.74, 6) is 0.892. The van der Waals surface area contributed by atoms with Crippen molar-refractivity contribution in [2.45, 2.75) is 25.9 Å². The van der Waals surface area contributed by atoms with Crippen molar-refractivity contribution < 1.29 is 9.53 Å². The second-order valence-corrected chi connectivity index (χ2v) is 8.33. The number of methoxy groups -OCH3 is 1. The number of para-hydroxylation sites is 2. The number of carbonyl (C=O) groups excluding carboxylic acids is 1. The van der Waals surface area contributed by atoms with Gasteiger partial charge in [-0.25, -0.2) is 0 Å². The summed E-state index contributed by atoms with van der Waals surface area (Å²) in [6.07, 6.45) is 2.66. The van der Waals surface area contributed by atoms with E-state index < -0.39 is 0 Å². The molecule has 5 nitrogen and oxygen atoms in total. The third-order valence-electron chi connectivity index (χ3n) is 5.37. The highest BCUT2D eigenvalue weighted by molar-refractivity contribution is 7.10. The van der Waals surface area contributed by atoms with Crippen LogP contribution in [0.1, 0.15) is 23.3 Å². The van der Waals surface area contributed by atoms with Crippen LogP contribution in [0, 0.1) is 0 Å². The minimum Gasteiger partial charge on any atom is -0.495 e. The van der Waals surface area contributed by atoms with E-state index in [4.69, 9.17) is 4.74 Å². The van der Waals surface area contributed by atoms with Gasteiger partial charge in [0.15, 0.2) is 0 Å². The fourth-order valence-corrected chi connectivity index (χ4v) is 4.90. The van der Waals surface area contributed by atoms with E-state index in [1.54, 1.807) is 7.11 Å². The van der Waals surface area contributed by atoms with Crippen molar-refractivity contribution in [2.24, 2.45) is 0 Å². The maximum Gasteiger partial charge on any atom is 0.241 e. The Morgan fingerprint density at radius 1 is 1.04 bits per heavy atom. The fourth-order valence-electron chi connectivity index (χ4n) is 3.98. The lowest BCUT2D eigenvalue weighted by Crippen LogP contribution is -2.50. The van der Waals surface area contributed by atoms with Gasteiger partial charge in [-0.1, -0.05) is 12.1 Å². The molecule has 2 saturated heterocycles. The van der Waals surface area contributed by atoms with Crippen LogP contribution >= 0.6 is 11.3 Å².